The molecule has 0 aliphatic heterocycles. The lowest BCUT2D eigenvalue weighted by Gasteiger charge is -2.35. The standard InChI is InChI=1S/C63H128N2O10/c64-48-20-12-13-21-49-65-59(75)31-47-63(37-19-11-5-10-16-34-62(44-28-56-72,45-29-57-73)46-30-58-74,35-17-8-3-1-6-14-32-60(38-22-50-66,39-23-51-67)40-24-52-68)36-18-9-4-2-7-15-33-61(41-25-53-69,42-26-54-70)43-27-55-71/h66-74H,1-58,64H2,(H,65,75). The molecule has 0 radical (unpaired) electrons. The van der Waals surface area contributed by atoms with Crippen LogP contribution in [0, 0.1) is 21.7 Å². The van der Waals surface area contributed by atoms with E-state index in [2.05, 4.69) is 5.32 Å². The molecular formula is C63H128N2O10. The summed E-state index contributed by atoms with van der Waals surface area (Å²) < 4.78 is 0. The van der Waals surface area contributed by atoms with Crippen LogP contribution in [0.5, 0.6) is 0 Å². The van der Waals surface area contributed by atoms with E-state index in [1.54, 1.807) is 0 Å². The first-order valence-electron chi connectivity index (χ1n) is 32.1. The fourth-order valence-electron chi connectivity index (χ4n) is 13.3. The third-order valence-corrected chi connectivity index (χ3v) is 17.9. The lowest BCUT2D eigenvalue weighted by atomic mass is 9.70. The van der Waals surface area contributed by atoms with Crippen molar-refractivity contribution < 1.29 is 50.8 Å². The van der Waals surface area contributed by atoms with Gasteiger partial charge < -0.3 is 57.0 Å². The molecule has 0 unspecified atom stereocenters. The first-order valence-corrected chi connectivity index (χ1v) is 32.1. The minimum atomic E-state index is 0.0748. The summed E-state index contributed by atoms with van der Waals surface area (Å²) >= 11 is 0. The van der Waals surface area contributed by atoms with Gasteiger partial charge >= 0.3 is 0 Å². The predicted molar refractivity (Wildman–Crippen MR) is 313 cm³/mol. The van der Waals surface area contributed by atoms with E-state index in [1.165, 1.54) is 83.5 Å². The van der Waals surface area contributed by atoms with Crippen molar-refractivity contribution in [2.45, 2.75) is 302 Å². The summed E-state index contributed by atoms with van der Waals surface area (Å²) in [6.45, 7) is 3.08. The normalized spacial score (nSPS) is 12.6. The lowest BCUT2D eigenvalue weighted by Crippen LogP contribution is -2.28. The van der Waals surface area contributed by atoms with Crippen molar-refractivity contribution in [1.29, 1.82) is 0 Å². The Balaban J connectivity index is 6.04. The van der Waals surface area contributed by atoms with Crippen molar-refractivity contribution in [2.75, 3.05) is 72.6 Å². The van der Waals surface area contributed by atoms with Gasteiger partial charge in [-0.05, 0) is 202 Å². The van der Waals surface area contributed by atoms with E-state index < -0.39 is 0 Å². The molecular weight excluding hydrogens is 945 g/mol. The number of carbonyl (C=O) groups excluding carboxylic acids is 1. The van der Waals surface area contributed by atoms with Crippen molar-refractivity contribution in [1.82, 2.24) is 5.32 Å². The minimum Gasteiger partial charge on any atom is -0.396 e. The highest BCUT2D eigenvalue weighted by Crippen LogP contribution is 2.45. The summed E-state index contributed by atoms with van der Waals surface area (Å²) in [6.07, 6.45) is 47.9. The highest BCUT2D eigenvalue weighted by Gasteiger charge is 2.32. The molecule has 0 spiro atoms. The first-order chi connectivity index (χ1) is 36.6. The molecule has 12 nitrogen and oxygen atoms in total. The zero-order valence-corrected chi connectivity index (χ0v) is 49.0. The molecule has 75 heavy (non-hydrogen) atoms. The fourth-order valence-corrected chi connectivity index (χ4v) is 13.3. The summed E-state index contributed by atoms with van der Waals surface area (Å²) in [7, 11) is 0. The van der Waals surface area contributed by atoms with Crippen LogP contribution in [-0.2, 0) is 4.79 Å². The third-order valence-electron chi connectivity index (χ3n) is 17.9. The molecule has 450 valence electrons. The minimum absolute atomic E-state index is 0.0748. The van der Waals surface area contributed by atoms with Crippen molar-refractivity contribution in [2.24, 2.45) is 27.4 Å². The van der Waals surface area contributed by atoms with E-state index in [9.17, 15) is 50.8 Å². The van der Waals surface area contributed by atoms with Crippen LogP contribution in [0.1, 0.15) is 302 Å². The van der Waals surface area contributed by atoms with E-state index in [0.29, 0.717) is 13.0 Å². The van der Waals surface area contributed by atoms with Crippen LogP contribution < -0.4 is 11.1 Å². The second-order valence-electron chi connectivity index (χ2n) is 24.0. The van der Waals surface area contributed by atoms with Gasteiger partial charge in [0, 0.05) is 72.4 Å². The highest BCUT2D eigenvalue weighted by atomic mass is 16.3. The SMILES string of the molecule is NCCCCCCNC(=O)CCC(CCCCCCCCC(CCCO)(CCCO)CCCO)(CCCCCCCCC(CCCO)(CCCO)CCCO)CCCCCCCC(CCCO)(CCCO)CCCO. The largest absolute Gasteiger partial charge is 0.396 e. The molecule has 0 bridgehead atoms. The molecule has 0 aliphatic rings. The second-order valence-corrected chi connectivity index (χ2v) is 24.0. The number of rotatable bonds is 62. The zero-order chi connectivity index (χ0) is 55.3. The zero-order valence-electron chi connectivity index (χ0n) is 49.0. The third kappa shape index (κ3) is 40.0. The number of nitrogens with two attached hydrogens (primary N) is 1. The Labute approximate surface area is 462 Å². The monoisotopic (exact) mass is 1070 g/mol. The molecule has 12 heteroatoms. The van der Waals surface area contributed by atoms with Crippen molar-refractivity contribution in [3.63, 3.8) is 0 Å². The van der Waals surface area contributed by atoms with Gasteiger partial charge in [0.25, 0.3) is 0 Å². The predicted octanol–water partition coefficient (Wildman–Crippen LogP) is 12.3. The van der Waals surface area contributed by atoms with Gasteiger partial charge in [0.05, 0.1) is 0 Å². The summed E-state index contributed by atoms with van der Waals surface area (Å²) in [6, 6.07) is 0. The van der Waals surface area contributed by atoms with Gasteiger partial charge in [-0.2, -0.15) is 0 Å². The number of unbranched alkanes of at least 4 members (excludes halogenated alkanes) is 17. The highest BCUT2D eigenvalue weighted by molar-refractivity contribution is 5.75. The molecule has 0 rings (SSSR count). The van der Waals surface area contributed by atoms with Gasteiger partial charge in [-0.25, -0.2) is 0 Å². The Morgan fingerprint density at radius 1 is 0.253 bits per heavy atom. The average molecular weight is 1070 g/mol. The summed E-state index contributed by atoms with van der Waals surface area (Å²) in [5, 5.41) is 90.4. The van der Waals surface area contributed by atoms with Crippen LogP contribution in [-0.4, -0.2) is 124 Å². The Morgan fingerprint density at radius 2 is 0.440 bits per heavy atom. The van der Waals surface area contributed by atoms with Gasteiger partial charge in [0.15, 0.2) is 0 Å². The van der Waals surface area contributed by atoms with Crippen LogP contribution in [0.2, 0.25) is 0 Å². The second kappa shape index (κ2) is 52.4. The Bertz CT molecular complexity index is 1080. The van der Waals surface area contributed by atoms with Crippen molar-refractivity contribution in [3.8, 4) is 0 Å². The van der Waals surface area contributed by atoms with Gasteiger partial charge in [-0.15, -0.1) is 0 Å². The number of carbonyl (C=O) groups is 1. The van der Waals surface area contributed by atoms with Crippen LogP contribution in [0.4, 0.5) is 0 Å². The summed E-state index contributed by atoms with van der Waals surface area (Å²) in [4.78, 5) is 13.5. The topological polar surface area (TPSA) is 237 Å². The van der Waals surface area contributed by atoms with Gasteiger partial charge in [0.1, 0.15) is 0 Å². The molecule has 0 aliphatic carbocycles. The van der Waals surface area contributed by atoms with Crippen LogP contribution in [0.3, 0.4) is 0 Å². The maximum Gasteiger partial charge on any atom is 0.220 e. The van der Waals surface area contributed by atoms with Crippen LogP contribution in [0.15, 0.2) is 0 Å². The summed E-state index contributed by atoms with van der Waals surface area (Å²) in [5.41, 5.74) is 6.09. The molecule has 0 aromatic rings. The van der Waals surface area contributed by atoms with Crippen molar-refractivity contribution in [3.05, 3.63) is 0 Å². The Morgan fingerprint density at radius 3 is 0.667 bits per heavy atom. The number of amides is 1. The first kappa shape index (κ1) is 74.1. The smallest absolute Gasteiger partial charge is 0.220 e. The van der Waals surface area contributed by atoms with E-state index in [0.717, 1.165) is 218 Å². The molecule has 0 atom stereocenters. The number of hydrogen-bond acceptors (Lipinski definition) is 11. The maximum absolute atomic E-state index is 13.5. The fraction of sp³-hybridized carbons (Fsp3) is 0.984. The molecule has 0 fully saturated rings. The van der Waals surface area contributed by atoms with Gasteiger partial charge in [-0.3, -0.25) is 4.79 Å². The maximum atomic E-state index is 13.5. The molecule has 12 N–H and O–H groups in total. The average Bonchev–Trinajstić information content (AvgIpc) is 3.42. The van der Waals surface area contributed by atoms with Crippen LogP contribution >= 0.6 is 0 Å². The Hall–Kier alpha value is -0.930. The van der Waals surface area contributed by atoms with E-state index in [4.69, 9.17) is 5.73 Å². The van der Waals surface area contributed by atoms with E-state index in [1.807, 2.05) is 0 Å². The van der Waals surface area contributed by atoms with E-state index >= 15 is 0 Å². The molecule has 0 aromatic heterocycles. The van der Waals surface area contributed by atoms with Crippen LogP contribution in [0.25, 0.3) is 0 Å². The molecule has 0 saturated heterocycles. The Kier molecular flexibility index (Phi) is 51.8. The number of hydrogen-bond donors (Lipinski definition) is 11. The molecule has 0 aromatic carbocycles. The number of nitrogens with one attached hydrogen (secondary N) is 1. The quantitative estimate of drug-likeness (QED) is 0.0256. The lowest BCUT2D eigenvalue weighted by molar-refractivity contribution is -0.121. The number of aliphatic hydroxyl groups excluding tert-OH is 9. The van der Waals surface area contributed by atoms with Crippen molar-refractivity contribution >= 4 is 5.91 Å². The number of aliphatic hydroxyl groups is 9. The van der Waals surface area contributed by atoms with Gasteiger partial charge in [-0.1, -0.05) is 122 Å². The van der Waals surface area contributed by atoms with Gasteiger partial charge in [0.2, 0.25) is 5.91 Å². The van der Waals surface area contributed by atoms with E-state index in [-0.39, 0.29) is 87.0 Å². The molecule has 0 saturated carbocycles. The molecule has 1 amide bonds. The molecule has 0 heterocycles. The summed E-state index contributed by atoms with van der Waals surface area (Å²) in [5.74, 6) is 0.186.